The van der Waals surface area contributed by atoms with E-state index < -0.39 is 12.1 Å². The van der Waals surface area contributed by atoms with Crippen molar-refractivity contribution in [2.45, 2.75) is 44.9 Å². The number of aliphatic carboxylic acids is 1. The van der Waals surface area contributed by atoms with Crippen LogP contribution in [0.3, 0.4) is 0 Å². The van der Waals surface area contributed by atoms with Crippen molar-refractivity contribution in [3.63, 3.8) is 0 Å². The molecule has 1 fully saturated rings. The van der Waals surface area contributed by atoms with Gasteiger partial charge in [0.2, 0.25) is 5.91 Å². The molecule has 186 valence electrons. The zero-order valence-electron chi connectivity index (χ0n) is 20.2. The molecule has 7 heteroatoms. The van der Waals surface area contributed by atoms with Gasteiger partial charge in [-0.25, -0.2) is 4.79 Å². The maximum Gasteiger partial charge on any atom is 0.407 e. The van der Waals surface area contributed by atoms with Crippen molar-refractivity contribution < 1.29 is 24.2 Å². The van der Waals surface area contributed by atoms with E-state index in [9.17, 15) is 14.4 Å². The summed E-state index contributed by atoms with van der Waals surface area (Å²) in [6.07, 6.45) is 3.20. The van der Waals surface area contributed by atoms with Crippen LogP contribution in [0, 0.1) is 17.8 Å². The van der Waals surface area contributed by atoms with E-state index in [0.717, 1.165) is 25.7 Å². The molecule has 1 saturated carbocycles. The smallest absolute Gasteiger partial charge is 0.407 e. The highest BCUT2D eigenvalue weighted by atomic mass is 16.5. The van der Waals surface area contributed by atoms with Crippen LogP contribution >= 0.6 is 0 Å². The van der Waals surface area contributed by atoms with Gasteiger partial charge in [0.25, 0.3) is 0 Å². The average Bonchev–Trinajstić information content (AvgIpc) is 3.18. The number of rotatable bonds is 9. The number of fused-ring (bicyclic) bond motifs is 3. The van der Waals surface area contributed by atoms with E-state index in [1.807, 2.05) is 31.2 Å². The Morgan fingerprint density at radius 3 is 2.26 bits per heavy atom. The number of carbonyl (C=O) groups is 3. The highest BCUT2D eigenvalue weighted by molar-refractivity contribution is 5.80. The number of hydrogen-bond acceptors (Lipinski definition) is 4. The molecule has 3 atom stereocenters. The van der Waals surface area contributed by atoms with Crippen molar-refractivity contribution in [3.8, 4) is 11.1 Å². The van der Waals surface area contributed by atoms with Gasteiger partial charge in [0, 0.05) is 31.3 Å². The first-order valence-corrected chi connectivity index (χ1v) is 12.5. The molecule has 0 aromatic heterocycles. The van der Waals surface area contributed by atoms with Gasteiger partial charge in [-0.05, 0) is 46.9 Å². The van der Waals surface area contributed by atoms with E-state index in [1.54, 1.807) is 0 Å². The lowest BCUT2D eigenvalue weighted by Gasteiger charge is -2.31. The lowest BCUT2D eigenvalue weighted by Crippen LogP contribution is -2.43. The van der Waals surface area contributed by atoms with Gasteiger partial charge in [-0.1, -0.05) is 68.3 Å². The van der Waals surface area contributed by atoms with Crippen molar-refractivity contribution in [1.82, 2.24) is 10.6 Å². The van der Waals surface area contributed by atoms with Crippen LogP contribution in [0.5, 0.6) is 0 Å². The minimum Gasteiger partial charge on any atom is -0.481 e. The van der Waals surface area contributed by atoms with Gasteiger partial charge in [-0.3, -0.25) is 9.59 Å². The second kappa shape index (κ2) is 11.4. The van der Waals surface area contributed by atoms with E-state index in [1.165, 1.54) is 22.3 Å². The first-order valence-electron chi connectivity index (χ1n) is 12.5. The van der Waals surface area contributed by atoms with Gasteiger partial charge in [0.05, 0.1) is 0 Å². The number of benzene rings is 2. The molecule has 2 aromatic carbocycles. The molecule has 0 spiro atoms. The van der Waals surface area contributed by atoms with E-state index in [2.05, 4.69) is 34.9 Å². The highest BCUT2D eigenvalue weighted by Gasteiger charge is 2.32. The number of carboxylic acids is 1. The maximum absolute atomic E-state index is 12.8. The Kier molecular flexibility index (Phi) is 8.06. The highest BCUT2D eigenvalue weighted by Crippen LogP contribution is 2.44. The third-order valence-electron chi connectivity index (χ3n) is 7.25. The Labute approximate surface area is 206 Å². The summed E-state index contributed by atoms with van der Waals surface area (Å²) in [6.45, 7) is 2.80. The van der Waals surface area contributed by atoms with Crippen LogP contribution in [0.1, 0.15) is 56.1 Å². The van der Waals surface area contributed by atoms with Crippen LogP contribution in [0.4, 0.5) is 4.79 Å². The quantitative estimate of drug-likeness (QED) is 0.490. The van der Waals surface area contributed by atoms with Crippen molar-refractivity contribution >= 4 is 18.0 Å². The maximum atomic E-state index is 12.8. The summed E-state index contributed by atoms with van der Waals surface area (Å²) in [4.78, 5) is 36.2. The predicted molar refractivity (Wildman–Crippen MR) is 133 cm³/mol. The molecule has 2 aliphatic rings. The molecule has 0 aliphatic heterocycles. The van der Waals surface area contributed by atoms with Crippen LogP contribution in [-0.2, 0) is 14.3 Å². The molecule has 2 aliphatic carbocycles. The van der Waals surface area contributed by atoms with Crippen LogP contribution in [0.25, 0.3) is 11.1 Å². The Morgan fingerprint density at radius 2 is 1.60 bits per heavy atom. The largest absolute Gasteiger partial charge is 0.481 e. The number of ether oxygens (including phenoxy) is 1. The summed E-state index contributed by atoms with van der Waals surface area (Å²) in [5.41, 5.74) is 4.71. The fourth-order valence-electron chi connectivity index (χ4n) is 5.44. The molecule has 7 nitrogen and oxygen atoms in total. The summed E-state index contributed by atoms with van der Waals surface area (Å²) in [7, 11) is 0. The Bertz CT molecular complexity index is 1020. The van der Waals surface area contributed by atoms with E-state index in [4.69, 9.17) is 9.84 Å². The van der Waals surface area contributed by atoms with Crippen LogP contribution in [0.15, 0.2) is 48.5 Å². The molecular weight excluding hydrogens is 444 g/mol. The van der Waals surface area contributed by atoms with Gasteiger partial charge in [0.1, 0.15) is 6.61 Å². The molecule has 2 amide bonds. The molecule has 0 bridgehead atoms. The molecule has 3 N–H and O–H groups in total. The minimum atomic E-state index is -0.866. The molecule has 0 radical (unpaired) electrons. The van der Waals surface area contributed by atoms with E-state index in [0.29, 0.717) is 13.1 Å². The van der Waals surface area contributed by atoms with Gasteiger partial charge in [-0.2, -0.15) is 0 Å². The molecule has 35 heavy (non-hydrogen) atoms. The van der Waals surface area contributed by atoms with Crippen molar-refractivity contribution in [2.75, 3.05) is 19.7 Å². The lowest BCUT2D eigenvalue weighted by atomic mass is 9.78. The third kappa shape index (κ3) is 6.02. The number of carbonyl (C=O) groups excluding carboxylic acids is 2. The van der Waals surface area contributed by atoms with Gasteiger partial charge >= 0.3 is 12.1 Å². The normalized spacial score (nSPS) is 19.8. The summed E-state index contributed by atoms with van der Waals surface area (Å²) in [5, 5.41) is 14.7. The van der Waals surface area contributed by atoms with Gasteiger partial charge < -0.3 is 20.5 Å². The Hall–Kier alpha value is -3.35. The zero-order chi connectivity index (χ0) is 24.8. The molecular formula is C28H34N2O5. The standard InChI is InChI=1S/C28H34N2O5/c1-18(14-26(31)32)15-29-27(33)20-9-3-2-8-19(20)16-30-28(34)35-17-25-23-12-6-4-10-21(23)22-11-5-7-13-24(22)25/h4-7,10-13,18-20,25H,2-3,8-9,14-17H2,1H3,(H,29,33)(H,30,34)(H,31,32)/t18?,19-,20-/m0/s1. The number of amides is 2. The number of nitrogens with one attached hydrogen (secondary N) is 2. The summed E-state index contributed by atoms with van der Waals surface area (Å²) in [5.74, 6) is -1.18. The molecule has 0 heterocycles. The number of hydrogen-bond donors (Lipinski definition) is 3. The first kappa shape index (κ1) is 24.8. The van der Waals surface area contributed by atoms with Crippen LogP contribution in [0.2, 0.25) is 0 Å². The fraction of sp³-hybridized carbons (Fsp3) is 0.464. The molecule has 2 aromatic rings. The van der Waals surface area contributed by atoms with Crippen molar-refractivity contribution in [3.05, 3.63) is 59.7 Å². The van der Waals surface area contributed by atoms with E-state index >= 15 is 0 Å². The summed E-state index contributed by atoms with van der Waals surface area (Å²) >= 11 is 0. The third-order valence-corrected chi connectivity index (χ3v) is 7.25. The van der Waals surface area contributed by atoms with Crippen LogP contribution < -0.4 is 10.6 Å². The molecule has 0 saturated heterocycles. The van der Waals surface area contributed by atoms with Crippen molar-refractivity contribution in [1.29, 1.82) is 0 Å². The first-order chi connectivity index (χ1) is 16.9. The topological polar surface area (TPSA) is 105 Å². The Morgan fingerprint density at radius 1 is 0.971 bits per heavy atom. The number of carboxylic acid groups (broad SMARTS) is 1. The monoisotopic (exact) mass is 478 g/mol. The average molecular weight is 479 g/mol. The van der Waals surface area contributed by atoms with Crippen molar-refractivity contribution in [2.24, 2.45) is 17.8 Å². The van der Waals surface area contributed by atoms with Gasteiger partial charge in [0.15, 0.2) is 0 Å². The second-order valence-electron chi connectivity index (χ2n) is 9.81. The van der Waals surface area contributed by atoms with Crippen LogP contribution in [-0.4, -0.2) is 42.8 Å². The summed E-state index contributed by atoms with van der Waals surface area (Å²) in [6, 6.07) is 16.4. The zero-order valence-corrected chi connectivity index (χ0v) is 20.2. The molecule has 1 unspecified atom stereocenters. The molecule has 4 rings (SSSR count). The van der Waals surface area contributed by atoms with E-state index in [-0.39, 0.29) is 42.6 Å². The minimum absolute atomic E-state index is 0.00847. The Balaban J connectivity index is 1.28. The summed E-state index contributed by atoms with van der Waals surface area (Å²) < 4.78 is 5.64. The SMILES string of the molecule is CC(CNC(=O)[C@H]1CCCC[C@H]1CNC(=O)OCC1c2ccccc2-c2ccccc21)CC(=O)O. The predicted octanol–water partition coefficient (Wildman–Crippen LogP) is 4.56. The number of alkyl carbamates (subject to hydrolysis) is 1. The lowest BCUT2D eigenvalue weighted by molar-refractivity contribution is -0.138. The van der Waals surface area contributed by atoms with Gasteiger partial charge in [-0.15, -0.1) is 0 Å². The fourth-order valence-corrected chi connectivity index (χ4v) is 5.44. The second-order valence-corrected chi connectivity index (χ2v) is 9.81.